The van der Waals surface area contributed by atoms with Crippen LogP contribution in [0.15, 0.2) is 210 Å². The van der Waals surface area contributed by atoms with Gasteiger partial charge in [-0.2, -0.15) is 0 Å². The fraction of sp³-hybridized carbons (Fsp3) is 0.0455. The third kappa shape index (κ3) is 6.30. The number of halogens is 1. The average molecular weight is 661 g/mol. The van der Waals surface area contributed by atoms with Crippen LogP contribution in [-0.2, 0) is 9.49 Å². The standard InChI is InChI=1S/C44H33ClS2/c45-40-31-41(46-43(34-19-7-1-8-20-34,35-21-9-2-10-22-35)36-23-11-3-12-24-36)33-42(32-40)47-44(37-25-13-4-14-26-37,38-27-15-5-16-28-38)39-29-17-6-18-30-39/h1-33H. The van der Waals surface area contributed by atoms with E-state index < -0.39 is 9.49 Å². The predicted octanol–water partition coefficient (Wildman–Crippen LogP) is 12.5. The van der Waals surface area contributed by atoms with E-state index >= 15 is 0 Å². The molecule has 0 aliphatic carbocycles. The first-order valence-corrected chi connectivity index (χ1v) is 17.7. The summed E-state index contributed by atoms with van der Waals surface area (Å²) in [6, 6.07) is 71.4. The maximum absolute atomic E-state index is 7.06. The summed E-state index contributed by atoms with van der Waals surface area (Å²) in [7, 11) is 0. The molecule has 0 aliphatic heterocycles. The van der Waals surface area contributed by atoms with Crippen molar-refractivity contribution in [3.05, 3.63) is 239 Å². The molecule has 0 radical (unpaired) electrons. The van der Waals surface area contributed by atoms with E-state index in [0.717, 1.165) is 9.79 Å². The number of thioether (sulfide) groups is 2. The predicted molar refractivity (Wildman–Crippen MR) is 202 cm³/mol. The SMILES string of the molecule is Clc1cc(SC(c2ccccc2)(c2ccccc2)c2ccccc2)cc(SC(c2ccccc2)(c2ccccc2)c2ccccc2)c1. The smallest absolute Gasteiger partial charge is 0.0954 e. The van der Waals surface area contributed by atoms with Gasteiger partial charge in [-0.25, -0.2) is 0 Å². The maximum Gasteiger partial charge on any atom is 0.0954 e. The van der Waals surface area contributed by atoms with Crippen LogP contribution in [0.1, 0.15) is 33.4 Å². The molecule has 7 aromatic rings. The molecule has 0 saturated carbocycles. The Labute approximate surface area is 291 Å². The molecular weight excluding hydrogens is 628 g/mol. The minimum Gasteiger partial charge on any atom is -0.105 e. The normalized spacial score (nSPS) is 11.7. The molecule has 3 heteroatoms. The van der Waals surface area contributed by atoms with Crippen molar-refractivity contribution in [1.82, 2.24) is 0 Å². The zero-order valence-electron chi connectivity index (χ0n) is 25.7. The van der Waals surface area contributed by atoms with Gasteiger partial charge in [0, 0.05) is 14.8 Å². The van der Waals surface area contributed by atoms with Crippen LogP contribution in [0.2, 0.25) is 5.02 Å². The Balaban J connectivity index is 1.42. The summed E-state index contributed by atoms with van der Waals surface area (Å²) >= 11 is 10.7. The van der Waals surface area contributed by atoms with Crippen molar-refractivity contribution in [2.75, 3.05) is 0 Å². The molecule has 0 fully saturated rings. The van der Waals surface area contributed by atoms with Gasteiger partial charge >= 0.3 is 0 Å². The van der Waals surface area contributed by atoms with Gasteiger partial charge in [0.2, 0.25) is 0 Å². The van der Waals surface area contributed by atoms with Crippen molar-refractivity contribution in [1.29, 1.82) is 0 Å². The van der Waals surface area contributed by atoms with E-state index in [2.05, 4.69) is 200 Å². The Kier molecular flexibility index (Phi) is 9.35. The van der Waals surface area contributed by atoms with Crippen LogP contribution in [0, 0.1) is 0 Å². The zero-order valence-corrected chi connectivity index (χ0v) is 28.1. The first kappa shape index (κ1) is 31.1. The average Bonchev–Trinajstić information content (AvgIpc) is 3.15. The summed E-state index contributed by atoms with van der Waals surface area (Å²) in [6.45, 7) is 0. The van der Waals surface area contributed by atoms with Crippen LogP contribution in [-0.4, -0.2) is 0 Å². The van der Waals surface area contributed by atoms with E-state index in [1.807, 2.05) is 23.5 Å². The van der Waals surface area contributed by atoms with Gasteiger partial charge in [0.05, 0.1) is 9.49 Å². The van der Waals surface area contributed by atoms with E-state index in [4.69, 9.17) is 11.6 Å². The third-order valence-corrected chi connectivity index (χ3v) is 11.7. The molecule has 0 amide bonds. The van der Waals surface area contributed by atoms with Gasteiger partial charge < -0.3 is 0 Å². The van der Waals surface area contributed by atoms with Crippen molar-refractivity contribution < 1.29 is 0 Å². The first-order chi connectivity index (χ1) is 23.2. The van der Waals surface area contributed by atoms with E-state index in [1.165, 1.54) is 33.4 Å². The van der Waals surface area contributed by atoms with E-state index in [-0.39, 0.29) is 0 Å². The van der Waals surface area contributed by atoms with Gasteiger partial charge in [-0.1, -0.05) is 194 Å². The topological polar surface area (TPSA) is 0 Å². The van der Waals surface area contributed by atoms with Crippen LogP contribution in [0.25, 0.3) is 0 Å². The van der Waals surface area contributed by atoms with Crippen LogP contribution in [0.5, 0.6) is 0 Å². The van der Waals surface area contributed by atoms with Gasteiger partial charge in [-0.3, -0.25) is 0 Å². The lowest BCUT2D eigenvalue weighted by Gasteiger charge is -2.37. The van der Waals surface area contributed by atoms with Crippen LogP contribution in [0.3, 0.4) is 0 Å². The van der Waals surface area contributed by atoms with Crippen LogP contribution >= 0.6 is 35.1 Å². The lowest BCUT2D eigenvalue weighted by molar-refractivity contribution is 0.890. The quantitative estimate of drug-likeness (QED) is 0.106. The second-order valence-electron chi connectivity index (χ2n) is 11.4. The summed E-state index contributed by atoms with van der Waals surface area (Å²) in [4.78, 5) is 2.19. The fourth-order valence-corrected chi connectivity index (χ4v) is 9.81. The summed E-state index contributed by atoms with van der Waals surface area (Å²) in [5.41, 5.74) is 7.27. The molecule has 0 aliphatic rings. The Morgan fingerprint density at radius 2 is 0.511 bits per heavy atom. The number of rotatable bonds is 10. The molecular formula is C44H33ClS2. The van der Waals surface area contributed by atoms with Crippen molar-refractivity contribution in [2.45, 2.75) is 19.3 Å². The van der Waals surface area contributed by atoms with Crippen molar-refractivity contribution in [2.24, 2.45) is 0 Å². The molecule has 0 unspecified atom stereocenters. The molecule has 0 atom stereocenters. The molecule has 0 aromatic heterocycles. The van der Waals surface area contributed by atoms with Crippen molar-refractivity contribution in [3.8, 4) is 0 Å². The Morgan fingerprint density at radius 3 is 0.723 bits per heavy atom. The monoisotopic (exact) mass is 660 g/mol. The summed E-state index contributed by atoms with van der Waals surface area (Å²) in [5.74, 6) is 0. The van der Waals surface area contributed by atoms with Gasteiger partial charge in [-0.15, -0.1) is 23.5 Å². The highest BCUT2D eigenvalue weighted by molar-refractivity contribution is 8.01. The molecule has 228 valence electrons. The molecule has 0 heterocycles. The second-order valence-corrected chi connectivity index (χ2v) is 14.4. The lowest BCUT2D eigenvalue weighted by Crippen LogP contribution is -2.26. The molecule has 0 saturated heterocycles. The van der Waals surface area contributed by atoms with Gasteiger partial charge in [0.15, 0.2) is 0 Å². The van der Waals surface area contributed by atoms with Crippen molar-refractivity contribution >= 4 is 35.1 Å². The Morgan fingerprint density at radius 1 is 0.298 bits per heavy atom. The highest BCUT2D eigenvalue weighted by Gasteiger charge is 2.40. The third-order valence-electron chi connectivity index (χ3n) is 8.47. The summed E-state index contributed by atoms with van der Waals surface area (Å²) in [6.07, 6.45) is 0. The van der Waals surface area contributed by atoms with E-state index in [0.29, 0.717) is 5.02 Å². The summed E-state index contributed by atoms with van der Waals surface area (Å²) < 4.78 is -1.02. The number of benzene rings is 7. The van der Waals surface area contributed by atoms with Crippen LogP contribution < -0.4 is 0 Å². The number of hydrogen-bond acceptors (Lipinski definition) is 2. The first-order valence-electron chi connectivity index (χ1n) is 15.7. The lowest BCUT2D eigenvalue weighted by atomic mass is 9.84. The molecule has 7 rings (SSSR count). The Hall–Kier alpha value is -4.47. The molecule has 47 heavy (non-hydrogen) atoms. The molecule has 0 bridgehead atoms. The molecule has 0 nitrogen and oxygen atoms in total. The fourth-order valence-electron chi connectivity index (χ4n) is 6.40. The maximum atomic E-state index is 7.06. The highest BCUT2D eigenvalue weighted by atomic mass is 35.5. The van der Waals surface area contributed by atoms with Gasteiger partial charge in [0.1, 0.15) is 0 Å². The molecule has 0 N–H and O–H groups in total. The van der Waals surface area contributed by atoms with E-state index in [1.54, 1.807) is 0 Å². The minimum absolute atomic E-state index is 0.508. The van der Waals surface area contributed by atoms with Gasteiger partial charge in [0.25, 0.3) is 0 Å². The van der Waals surface area contributed by atoms with Crippen LogP contribution in [0.4, 0.5) is 0 Å². The molecule has 7 aromatic carbocycles. The zero-order chi connectivity index (χ0) is 31.9. The Bertz CT molecular complexity index is 1680. The second kappa shape index (κ2) is 14.1. The number of hydrogen-bond donors (Lipinski definition) is 0. The summed E-state index contributed by atoms with van der Waals surface area (Å²) in [5, 5.41) is 0.712. The molecule has 0 spiro atoms. The highest BCUT2D eigenvalue weighted by Crippen LogP contribution is 2.55. The van der Waals surface area contributed by atoms with Crippen molar-refractivity contribution in [3.63, 3.8) is 0 Å². The largest absolute Gasteiger partial charge is 0.105 e. The van der Waals surface area contributed by atoms with Gasteiger partial charge in [-0.05, 0) is 51.6 Å². The van der Waals surface area contributed by atoms with E-state index in [9.17, 15) is 0 Å². The minimum atomic E-state index is -0.508.